The number of nitrogens with one attached hydrogen (secondary N) is 1. The molecule has 6 nitrogen and oxygen atoms in total. The molecule has 0 bridgehead atoms. The minimum Gasteiger partial charge on any atom is -0.490 e. The van der Waals surface area contributed by atoms with Crippen LogP contribution in [0.5, 0.6) is 11.5 Å². The summed E-state index contributed by atoms with van der Waals surface area (Å²) in [4.78, 5) is 12.4. The number of hydrogen-bond acceptors (Lipinski definition) is 4. The van der Waals surface area contributed by atoms with E-state index in [-0.39, 0.29) is 24.0 Å². The number of carbonyl (C=O) groups excluding carboxylic acids is 1. The van der Waals surface area contributed by atoms with Crippen molar-refractivity contribution >= 4 is 27.5 Å². The molecular weight excluding hydrogens is 400 g/mol. The number of hydrogen-bond donors (Lipinski definition) is 1. The highest BCUT2D eigenvalue weighted by Gasteiger charge is 2.19. The average molecular weight is 418 g/mol. The largest absolute Gasteiger partial charge is 0.490 e. The normalized spacial score (nSPS) is 12.1. The van der Waals surface area contributed by atoms with Gasteiger partial charge < -0.3 is 14.8 Å². The van der Waals surface area contributed by atoms with Crippen molar-refractivity contribution in [2.75, 3.05) is 11.9 Å². The van der Waals surface area contributed by atoms with E-state index in [1.54, 1.807) is 24.7 Å². The molecule has 136 valence electrons. The third-order valence-electron chi connectivity index (χ3n) is 3.46. The fraction of sp³-hybridized carbons (Fsp3) is 0.375. The Bertz CT molecular complexity index is 752. The summed E-state index contributed by atoms with van der Waals surface area (Å²) in [6.45, 7) is 2.58. The molecule has 0 fully saturated rings. The molecule has 9 heteroatoms. The topological polar surface area (TPSA) is 65.4 Å². The summed E-state index contributed by atoms with van der Waals surface area (Å²) in [5.74, 6) is -0.260. The second-order valence-corrected chi connectivity index (χ2v) is 6.02. The van der Waals surface area contributed by atoms with E-state index in [4.69, 9.17) is 4.74 Å². The van der Waals surface area contributed by atoms with Crippen molar-refractivity contribution < 1.29 is 23.0 Å². The predicted molar refractivity (Wildman–Crippen MR) is 92.2 cm³/mol. The van der Waals surface area contributed by atoms with Gasteiger partial charge >= 0.3 is 6.61 Å². The number of amides is 1. The molecule has 1 aromatic carbocycles. The molecular formula is C16H18BrF2N3O3. The maximum atomic E-state index is 12.4. The standard InChI is InChI=1S/C16H18BrF2N3O3/c1-4-24-14-7-11(5-6-13(14)25-16(18)19)21-15(23)10(3)22-9(2)12(17)8-20-22/h5-8,10,16H,4H2,1-3H3,(H,21,23). The van der Waals surface area contributed by atoms with Crippen molar-refractivity contribution in [2.45, 2.75) is 33.4 Å². The van der Waals surface area contributed by atoms with Crippen LogP contribution in [0, 0.1) is 6.92 Å². The summed E-state index contributed by atoms with van der Waals surface area (Å²) < 4.78 is 36.9. The molecule has 25 heavy (non-hydrogen) atoms. The number of ether oxygens (including phenoxy) is 2. The number of halogens is 3. The first-order chi connectivity index (χ1) is 11.8. The number of aromatic nitrogens is 2. The first-order valence-electron chi connectivity index (χ1n) is 7.55. The summed E-state index contributed by atoms with van der Waals surface area (Å²) in [5, 5.41) is 6.87. The van der Waals surface area contributed by atoms with Gasteiger partial charge in [0, 0.05) is 11.8 Å². The second-order valence-electron chi connectivity index (χ2n) is 5.16. The Morgan fingerprint density at radius 3 is 2.68 bits per heavy atom. The number of nitrogens with zero attached hydrogens (tertiary/aromatic N) is 2. The third-order valence-corrected chi connectivity index (χ3v) is 4.24. The Kier molecular flexibility index (Phi) is 6.35. The van der Waals surface area contributed by atoms with Gasteiger partial charge in [-0.25, -0.2) is 0 Å². The highest BCUT2D eigenvalue weighted by atomic mass is 79.9. The lowest BCUT2D eigenvalue weighted by molar-refractivity contribution is -0.119. The lowest BCUT2D eigenvalue weighted by atomic mass is 10.2. The molecule has 1 heterocycles. The Hall–Kier alpha value is -2.16. The number of carbonyl (C=O) groups is 1. The first-order valence-corrected chi connectivity index (χ1v) is 8.35. The fourth-order valence-electron chi connectivity index (χ4n) is 2.20. The molecule has 0 radical (unpaired) electrons. The van der Waals surface area contributed by atoms with Crippen molar-refractivity contribution in [2.24, 2.45) is 0 Å². The van der Waals surface area contributed by atoms with Crippen LogP contribution in [0.3, 0.4) is 0 Å². The van der Waals surface area contributed by atoms with Crippen molar-refractivity contribution in [3.05, 3.63) is 34.6 Å². The van der Waals surface area contributed by atoms with Crippen LogP contribution in [0.2, 0.25) is 0 Å². The van der Waals surface area contributed by atoms with Gasteiger partial charge in [0.2, 0.25) is 5.91 Å². The number of benzene rings is 1. The minimum atomic E-state index is -2.96. The monoisotopic (exact) mass is 417 g/mol. The summed E-state index contributed by atoms with van der Waals surface area (Å²) in [7, 11) is 0. The van der Waals surface area contributed by atoms with Gasteiger partial charge in [0.15, 0.2) is 11.5 Å². The second kappa shape index (κ2) is 8.28. The van der Waals surface area contributed by atoms with Crippen LogP contribution in [0.15, 0.2) is 28.9 Å². The van der Waals surface area contributed by atoms with Crippen LogP contribution >= 0.6 is 15.9 Å². The van der Waals surface area contributed by atoms with E-state index in [0.29, 0.717) is 5.69 Å². The first kappa shape index (κ1) is 19.2. The van der Waals surface area contributed by atoms with Crippen LogP contribution in [-0.2, 0) is 4.79 Å². The molecule has 0 saturated carbocycles. The zero-order chi connectivity index (χ0) is 18.6. The predicted octanol–water partition coefficient (Wildman–Crippen LogP) is 4.15. The van der Waals surface area contributed by atoms with Crippen molar-refractivity contribution in [1.29, 1.82) is 0 Å². The Morgan fingerprint density at radius 2 is 2.12 bits per heavy atom. The van der Waals surface area contributed by atoms with E-state index >= 15 is 0 Å². The lowest BCUT2D eigenvalue weighted by Gasteiger charge is -2.16. The molecule has 0 spiro atoms. The molecule has 1 N–H and O–H groups in total. The van der Waals surface area contributed by atoms with Gasteiger partial charge in [0.25, 0.3) is 0 Å². The maximum absolute atomic E-state index is 12.4. The minimum absolute atomic E-state index is 0.0882. The zero-order valence-corrected chi connectivity index (χ0v) is 15.5. The van der Waals surface area contributed by atoms with Crippen LogP contribution in [-0.4, -0.2) is 28.9 Å². The smallest absolute Gasteiger partial charge is 0.387 e. The summed E-state index contributed by atoms with van der Waals surface area (Å²) in [6.07, 6.45) is 1.61. The third kappa shape index (κ3) is 4.68. The van der Waals surface area contributed by atoms with E-state index in [1.165, 1.54) is 18.2 Å². The van der Waals surface area contributed by atoms with Gasteiger partial charge in [0.1, 0.15) is 6.04 Å². The van der Waals surface area contributed by atoms with Gasteiger partial charge in [-0.2, -0.15) is 13.9 Å². The Morgan fingerprint density at radius 1 is 1.40 bits per heavy atom. The number of anilines is 1. The van der Waals surface area contributed by atoms with Crippen LogP contribution < -0.4 is 14.8 Å². The molecule has 1 atom stereocenters. The quantitative estimate of drug-likeness (QED) is 0.734. The fourth-order valence-corrected chi connectivity index (χ4v) is 2.47. The number of alkyl halides is 2. The molecule has 0 aliphatic rings. The van der Waals surface area contributed by atoms with Gasteiger partial charge in [-0.05, 0) is 48.8 Å². The van der Waals surface area contributed by atoms with Gasteiger partial charge in [-0.1, -0.05) is 0 Å². The maximum Gasteiger partial charge on any atom is 0.387 e. The van der Waals surface area contributed by atoms with Crippen LogP contribution in [0.25, 0.3) is 0 Å². The van der Waals surface area contributed by atoms with E-state index in [0.717, 1.165) is 10.2 Å². The highest BCUT2D eigenvalue weighted by molar-refractivity contribution is 9.10. The van der Waals surface area contributed by atoms with E-state index in [1.807, 2.05) is 6.92 Å². The molecule has 1 aromatic heterocycles. The Labute approximate surface area is 152 Å². The lowest BCUT2D eigenvalue weighted by Crippen LogP contribution is -2.25. The molecule has 0 aliphatic carbocycles. The average Bonchev–Trinajstić information content (AvgIpc) is 2.88. The van der Waals surface area contributed by atoms with Crippen LogP contribution in [0.4, 0.5) is 14.5 Å². The summed E-state index contributed by atoms with van der Waals surface area (Å²) >= 11 is 3.35. The SMILES string of the molecule is CCOc1cc(NC(=O)C(C)n2ncc(Br)c2C)ccc1OC(F)F. The molecule has 0 saturated heterocycles. The van der Waals surface area contributed by atoms with Crippen molar-refractivity contribution in [1.82, 2.24) is 9.78 Å². The molecule has 0 aliphatic heterocycles. The van der Waals surface area contributed by atoms with E-state index in [9.17, 15) is 13.6 Å². The van der Waals surface area contributed by atoms with Crippen molar-refractivity contribution in [3.63, 3.8) is 0 Å². The summed E-state index contributed by atoms with van der Waals surface area (Å²) in [5.41, 5.74) is 1.23. The van der Waals surface area contributed by atoms with Gasteiger partial charge in [-0.15, -0.1) is 0 Å². The van der Waals surface area contributed by atoms with E-state index in [2.05, 4.69) is 31.1 Å². The van der Waals surface area contributed by atoms with Crippen LogP contribution in [0.1, 0.15) is 25.6 Å². The van der Waals surface area contributed by atoms with Crippen molar-refractivity contribution in [3.8, 4) is 11.5 Å². The molecule has 1 unspecified atom stereocenters. The Balaban J connectivity index is 2.17. The highest BCUT2D eigenvalue weighted by Crippen LogP contribution is 2.32. The van der Waals surface area contributed by atoms with Gasteiger partial charge in [-0.3, -0.25) is 9.48 Å². The van der Waals surface area contributed by atoms with E-state index < -0.39 is 12.7 Å². The number of rotatable bonds is 7. The zero-order valence-electron chi connectivity index (χ0n) is 13.9. The molecule has 1 amide bonds. The molecule has 2 aromatic rings. The summed E-state index contributed by atoms with van der Waals surface area (Å²) in [6, 6.07) is 3.68. The van der Waals surface area contributed by atoms with Gasteiger partial charge in [0.05, 0.1) is 23.0 Å². The molecule has 2 rings (SSSR count).